The highest BCUT2D eigenvalue weighted by molar-refractivity contribution is 7.15. The summed E-state index contributed by atoms with van der Waals surface area (Å²) in [5.74, 6) is -0.391. The number of thiophene rings is 1. The summed E-state index contributed by atoms with van der Waals surface area (Å²) in [5, 5.41) is 0. The molecule has 0 unspecified atom stereocenters. The summed E-state index contributed by atoms with van der Waals surface area (Å²) in [6.07, 6.45) is 1.03. The molecule has 1 amide bonds. The van der Waals surface area contributed by atoms with Crippen molar-refractivity contribution in [2.75, 3.05) is 39.8 Å². The smallest absolute Gasteiger partial charge is 0.348 e. The number of ether oxygens (including phenoxy) is 1. The van der Waals surface area contributed by atoms with Crippen LogP contribution in [0.1, 0.15) is 24.9 Å². The van der Waals surface area contributed by atoms with E-state index in [1.807, 2.05) is 11.0 Å². The van der Waals surface area contributed by atoms with Crippen LogP contribution in [0.2, 0.25) is 0 Å². The third kappa shape index (κ3) is 4.46. The van der Waals surface area contributed by atoms with Gasteiger partial charge in [-0.1, -0.05) is 30.3 Å². The lowest BCUT2D eigenvalue weighted by atomic mass is 10.1. The Morgan fingerprint density at radius 3 is 2.36 bits per heavy atom. The lowest BCUT2D eigenvalue weighted by Gasteiger charge is -2.34. The van der Waals surface area contributed by atoms with Crippen molar-refractivity contribution in [3.8, 4) is 0 Å². The topological polar surface area (TPSA) is 49.9 Å². The van der Waals surface area contributed by atoms with Gasteiger partial charge in [0, 0.05) is 32.7 Å². The molecule has 0 aliphatic carbocycles. The molecule has 1 aromatic heterocycles. The molecule has 1 aromatic carbocycles. The van der Waals surface area contributed by atoms with Gasteiger partial charge in [-0.15, -0.1) is 11.3 Å². The molecule has 2 heterocycles. The average Bonchev–Trinajstić information content (AvgIpc) is 3.16. The van der Waals surface area contributed by atoms with Crippen molar-refractivity contribution in [2.45, 2.75) is 6.42 Å². The second kappa shape index (κ2) is 8.27. The van der Waals surface area contributed by atoms with Gasteiger partial charge in [0.05, 0.1) is 12.0 Å². The molecule has 0 atom stereocenters. The normalized spacial score (nSPS) is 15.2. The number of methoxy groups -OCH3 is 1. The van der Waals surface area contributed by atoms with E-state index in [-0.39, 0.29) is 5.91 Å². The number of hydrogen-bond donors (Lipinski definition) is 0. The molecule has 0 saturated carbocycles. The molecule has 1 fully saturated rings. The molecule has 1 aliphatic heterocycles. The van der Waals surface area contributed by atoms with Crippen LogP contribution in [0.25, 0.3) is 0 Å². The maximum atomic E-state index is 12.6. The van der Waals surface area contributed by atoms with Crippen molar-refractivity contribution in [3.05, 3.63) is 57.8 Å². The van der Waals surface area contributed by atoms with E-state index in [0.717, 1.165) is 39.1 Å². The quantitative estimate of drug-likeness (QED) is 0.771. The van der Waals surface area contributed by atoms with Crippen LogP contribution in [-0.2, 0) is 11.2 Å². The number of amides is 1. The highest BCUT2D eigenvalue weighted by Gasteiger charge is 2.23. The van der Waals surface area contributed by atoms with Gasteiger partial charge in [0.2, 0.25) is 0 Å². The lowest BCUT2D eigenvalue weighted by molar-refractivity contribution is 0.0605. The number of piperazine rings is 1. The predicted molar refractivity (Wildman–Crippen MR) is 98.1 cm³/mol. The van der Waals surface area contributed by atoms with Crippen LogP contribution in [0.5, 0.6) is 0 Å². The fraction of sp³-hybridized carbons (Fsp3) is 0.368. The third-order valence-corrected chi connectivity index (χ3v) is 5.48. The van der Waals surface area contributed by atoms with Crippen LogP contribution in [0.3, 0.4) is 0 Å². The van der Waals surface area contributed by atoms with Crippen LogP contribution < -0.4 is 0 Å². The Morgan fingerprint density at radius 2 is 1.68 bits per heavy atom. The summed E-state index contributed by atoms with van der Waals surface area (Å²) >= 11 is 1.20. The molecule has 0 N–H and O–H groups in total. The van der Waals surface area contributed by atoms with Crippen LogP contribution in [-0.4, -0.2) is 61.5 Å². The summed E-state index contributed by atoms with van der Waals surface area (Å²) in [6.45, 7) is 4.22. The standard InChI is InChI=1S/C19H22N2O3S/c1-24-19(23)17-8-7-16(25-17)18(22)21-13-11-20(12-14-21)10-9-15-5-3-2-4-6-15/h2-8H,9-14H2,1H3. The molecule has 2 aromatic rings. The van der Waals surface area contributed by atoms with Crippen molar-refractivity contribution < 1.29 is 14.3 Å². The fourth-order valence-corrected chi connectivity index (χ4v) is 3.82. The largest absolute Gasteiger partial charge is 0.465 e. The van der Waals surface area contributed by atoms with E-state index in [9.17, 15) is 9.59 Å². The Hall–Kier alpha value is -2.18. The van der Waals surface area contributed by atoms with E-state index in [2.05, 4.69) is 29.2 Å². The molecule has 132 valence electrons. The zero-order valence-electron chi connectivity index (χ0n) is 14.3. The first kappa shape index (κ1) is 17.6. The highest BCUT2D eigenvalue weighted by atomic mass is 32.1. The van der Waals surface area contributed by atoms with Gasteiger partial charge < -0.3 is 9.64 Å². The zero-order chi connectivity index (χ0) is 17.6. The number of rotatable bonds is 5. The Morgan fingerprint density at radius 1 is 1.00 bits per heavy atom. The van der Waals surface area contributed by atoms with Gasteiger partial charge in [0.15, 0.2) is 0 Å². The number of carbonyl (C=O) groups excluding carboxylic acids is 2. The number of esters is 1. The van der Waals surface area contributed by atoms with Crippen molar-refractivity contribution in [2.24, 2.45) is 0 Å². The first-order valence-corrected chi connectivity index (χ1v) is 9.23. The minimum atomic E-state index is -0.394. The van der Waals surface area contributed by atoms with Gasteiger partial charge >= 0.3 is 5.97 Å². The Kier molecular flexibility index (Phi) is 5.83. The molecular formula is C19H22N2O3S. The summed E-state index contributed by atoms with van der Waals surface area (Å²) in [5.41, 5.74) is 1.34. The summed E-state index contributed by atoms with van der Waals surface area (Å²) in [7, 11) is 1.35. The van der Waals surface area contributed by atoms with Crippen LogP contribution >= 0.6 is 11.3 Å². The van der Waals surface area contributed by atoms with Crippen LogP contribution in [0.15, 0.2) is 42.5 Å². The third-order valence-electron chi connectivity index (χ3n) is 4.42. The average molecular weight is 358 g/mol. The van der Waals surface area contributed by atoms with Gasteiger partial charge in [-0.25, -0.2) is 4.79 Å². The second-order valence-corrected chi connectivity index (χ2v) is 7.11. The molecule has 0 radical (unpaired) electrons. The Balaban J connectivity index is 1.49. The lowest BCUT2D eigenvalue weighted by Crippen LogP contribution is -2.48. The van der Waals surface area contributed by atoms with Crippen molar-refractivity contribution >= 4 is 23.2 Å². The zero-order valence-corrected chi connectivity index (χ0v) is 15.1. The van der Waals surface area contributed by atoms with E-state index in [1.54, 1.807) is 12.1 Å². The van der Waals surface area contributed by atoms with Gasteiger partial charge in [-0.2, -0.15) is 0 Å². The molecular weight excluding hydrogens is 336 g/mol. The highest BCUT2D eigenvalue weighted by Crippen LogP contribution is 2.20. The van der Waals surface area contributed by atoms with Crippen molar-refractivity contribution in [1.82, 2.24) is 9.80 Å². The monoisotopic (exact) mass is 358 g/mol. The van der Waals surface area contributed by atoms with E-state index in [1.165, 1.54) is 24.0 Å². The second-order valence-electron chi connectivity index (χ2n) is 6.02. The summed E-state index contributed by atoms with van der Waals surface area (Å²) in [6, 6.07) is 13.8. The first-order chi connectivity index (χ1) is 12.2. The molecule has 0 bridgehead atoms. The molecule has 0 spiro atoms. The minimum Gasteiger partial charge on any atom is -0.465 e. The van der Waals surface area contributed by atoms with Crippen LogP contribution in [0.4, 0.5) is 0 Å². The van der Waals surface area contributed by atoms with Crippen molar-refractivity contribution in [3.63, 3.8) is 0 Å². The molecule has 25 heavy (non-hydrogen) atoms. The van der Waals surface area contributed by atoms with Crippen molar-refractivity contribution in [1.29, 1.82) is 0 Å². The van der Waals surface area contributed by atoms with E-state index >= 15 is 0 Å². The van der Waals surface area contributed by atoms with Gasteiger partial charge in [-0.3, -0.25) is 9.69 Å². The number of carbonyl (C=O) groups is 2. The maximum Gasteiger partial charge on any atom is 0.348 e. The fourth-order valence-electron chi connectivity index (χ4n) is 2.93. The molecule has 1 saturated heterocycles. The van der Waals surface area contributed by atoms with E-state index < -0.39 is 5.97 Å². The number of nitrogens with zero attached hydrogens (tertiary/aromatic N) is 2. The van der Waals surface area contributed by atoms with Crippen LogP contribution in [0, 0.1) is 0 Å². The first-order valence-electron chi connectivity index (χ1n) is 8.41. The minimum absolute atomic E-state index is 0.00265. The number of benzene rings is 1. The Labute approximate surface area is 151 Å². The Bertz CT molecular complexity index is 721. The number of hydrogen-bond acceptors (Lipinski definition) is 5. The molecule has 1 aliphatic rings. The molecule has 3 rings (SSSR count). The maximum absolute atomic E-state index is 12.6. The summed E-state index contributed by atoms with van der Waals surface area (Å²) < 4.78 is 4.69. The van der Waals surface area contributed by atoms with E-state index in [4.69, 9.17) is 4.74 Å². The van der Waals surface area contributed by atoms with Gasteiger partial charge in [-0.05, 0) is 24.1 Å². The SMILES string of the molecule is COC(=O)c1ccc(C(=O)N2CCN(CCc3ccccc3)CC2)s1. The molecule has 5 nitrogen and oxygen atoms in total. The van der Waals surface area contributed by atoms with Gasteiger partial charge in [0.25, 0.3) is 5.91 Å². The van der Waals surface area contributed by atoms with E-state index in [0.29, 0.717) is 9.75 Å². The van der Waals surface area contributed by atoms with Gasteiger partial charge in [0.1, 0.15) is 4.88 Å². The molecule has 6 heteroatoms. The summed E-state index contributed by atoms with van der Waals surface area (Å²) in [4.78, 5) is 29.4. The predicted octanol–water partition coefficient (Wildman–Crippen LogP) is 2.54.